The van der Waals surface area contributed by atoms with Gasteiger partial charge in [0.05, 0.1) is 13.1 Å². The molecule has 3 rings (SSSR count). The highest BCUT2D eigenvalue weighted by Crippen LogP contribution is 2.44. The van der Waals surface area contributed by atoms with E-state index >= 15 is 0 Å². The highest BCUT2D eigenvalue weighted by atomic mass is 32.1. The van der Waals surface area contributed by atoms with Crippen LogP contribution in [0.5, 0.6) is 0 Å². The van der Waals surface area contributed by atoms with Gasteiger partial charge in [-0.15, -0.1) is 11.3 Å². The normalized spacial score (nSPS) is 22.4. The van der Waals surface area contributed by atoms with Crippen LogP contribution in [0.4, 0.5) is 0 Å². The molecule has 0 radical (unpaired) electrons. The van der Waals surface area contributed by atoms with Gasteiger partial charge in [-0.1, -0.05) is 0 Å². The molecule has 0 spiro atoms. The number of thiazole rings is 1. The Kier molecular flexibility index (Phi) is 2.46. The number of hydrogen-bond donors (Lipinski definition) is 2. The Bertz CT molecular complexity index is 449. The smallest absolute Gasteiger partial charge is 0.273 e. The van der Waals surface area contributed by atoms with E-state index < -0.39 is 5.60 Å². The van der Waals surface area contributed by atoms with Crippen molar-refractivity contribution in [2.75, 3.05) is 13.1 Å². The third-order valence-electron chi connectivity index (χ3n) is 3.50. The first-order chi connectivity index (χ1) is 8.12. The minimum atomic E-state index is -0.623. The molecular formula is C11H15N3O2S. The van der Waals surface area contributed by atoms with Crippen LogP contribution in [-0.2, 0) is 6.54 Å². The molecule has 2 fully saturated rings. The first kappa shape index (κ1) is 11.1. The molecule has 2 heterocycles. The quantitative estimate of drug-likeness (QED) is 0.806. The fraction of sp³-hybridized carbons (Fsp3) is 0.636. The third kappa shape index (κ3) is 1.86. The van der Waals surface area contributed by atoms with Crippen molar-refractivity contribution in [2.45, 2.75) is 25.0 Å². The van der Waals surface area contributed by atoms with Crippen molar-refractivity contribution in [2.24, 2.45) is 11.7 Å². The molecule has 5 nitrogen and oxygen atoms in total. The van der Waals surface area contributed by atoms with E-state index in [-0.39, 0.29) is 5.91 Å². The van der Waals surface area contributed by atoms with Crippen LogP contribution < -0.4 is 5.73 Å². The molecule has 0 unspecified atom stereocenters. The highest BCUT2D eigenvalue weighted by molar-refractivity contribution is 7.09. The van der Waals surface area contributed by atoms with Crippen molar-refractivity contribution in [1.29, 1.82) is 0 Å². The van der Waals surface area contributed by atoms with E-state index in [0.717, 1.165) is 17.8 Å². The van der Waals surface area contributed by atoms with Crippen molar-refractivity contribution >= 4 is 17.2 Å². The van der Waals surface area contributed by atoms with Gasteiger partial charge in [0.25, 0.3) is 5.91 Å². The van der Waals surface area contributed by atoms with Crippen molar-refractivity contribution in [3.63, 3.8) is 0 Å². The van der Waals surface area contributed by atoms with Crippen molar-refractivity contribution in [3.8, 4) is 0 Å². The zero-order valence-corrected chi connectivity index (χ0v) is 10.2. The minimum absolute atomic E-state index is 0.0914. The predicted molar refractivity (Wildman–Crippen MR) is 63.6 cm³/mol. The zero-order valence-electron chi connectivity index (χ0n) is 9.43. The molecule has 92 valence electrons. The van der Waals surface area contributed by atoms with E-state index in [1.165, 1.54) is 11.3 Å². The summed E-state index contributed by atoms with van der Waals surface area (Å²) in [5.74, 6) is 0.313. The van der Waals surface area contributed by atoms with E-state index in [2.05, 4.69) is 4.98 Å². The zero-order chi connectivity index (χ0) is 12.0. The molecular weight excluding hydrogens is 238 g/mol. The van der Waals surface area contributed by atoms with E-state index in [1.54, 1.807) is 10.3 Å². The number of rotatable bonds is 3. The summed E-state index contributed by atoms with van der Waals surface area (Å²) < 4.78 is 0. The Hall–Kier alpha value is -0.980. The Morgan fingerprint density at radius 2 is 2.35 bits per heavy atom. The number of carbonyl (C=O) groups is 1. The number of β-amino-alcohol motifs (C(OH)–C–C–N with tert-alkyl or cyclic N) is 1. The number of hydrogen-bond acceptors (Lipinski definition) is 5. The summed E-state index contributed by atoms with van der Waals surface area (Å²) in [5.41, 5.74) is 5.29. The summed E-state index contributed by atoms with van der Waals surface area (Å²) in [6.07, 6.45) is 2.18. The average molecular weight is 253 g/mol. The second-order valence-electron chi connectivity index (χ2n) is 4.87. The van der Waals surface area contributed by atoms with Crippen LogP contribution in [0.25, 0.3) is 0 Å². The maximum atomic E-state index is 12.0. The van der Waals surface area contributed by atoms with Gasteiger partial charge in [-0.3, -0.25) is 4.79 Å². The number of likely N-dealkylation sites (tertiary alicyclic amines) is 1. The summed E-state index contributed by atoms with van der Waals surface area (Å²) in [6.45, 7) is 1.27. The van der Waals surface area contributed by atoms with Crippen LogP contribution in [0.15, 0.2) is 5.38 Å². The topological polar surface area (TPSA) is 79.5 Å². The Morgan fingerprint density at radius 1 is 1.65 bits per heavy atom. The molecule has 1 saturated heterocycles. The van der Waals surface area contributed by atoms with Crippen LogP contribution in [0, 0.1) is 5.92 Å². The maximum Gasteiger partial charge on any atom is 0.273 e. The number of nitrogens with two attached hydrogens (primary N) is 1. The maximum absolute atomic E-state index is 12.0. The van der Waals surface area contributed by atoms with Gasteiger partial charge in [-0.05, 0) is 18.8 Å². The first-order valence-corrected chi connectivity index (χ1v) is 6.66. The van der Waals surface area contributed by atoms with Gasteiger partial charge in [-0.25, -0.2) is 4.98 Å². The molecule has 0 aromatic carbocycles. The Balaban J connectivity index is 1.64. The van der Waals surface area contributed by atoms with E-state index in [4.69, 9.17) is 5.73 Å². The molecule has 3 N–H and O–H groups in total. The van der Waals surface area contributed by atoms with Gasteiger partial charge >= 0.3 is 0 Å². The van der Waals surface area contributed by atoms with Crippen molar-refractivity contribution < 1.29 is 9.90 Å². The highest BCUT2D eigenvalue weighted by Gasteiger charge is 2.53. The summed E-state index contributed by atoms with van der Waals surface area (Å²) in [6, 6.07) is 0. The molecule has 1 amide bonds. The average Bonchev–Trinajstić information content (AvgIpc) is 3.02. The van der Waals surface area contributed by atoms with Crippen LogP contribution in [0.1, 0.15) is 28.3 Å². The molecule has 1 aromatic rings. The first-order valence-electron chi connectivity index (χ1n) is 5.78. The second-order valence-corrected chi connectivity index (χ2v) is 5.81. The van der Waals surface area contributed by atoms with Gasteiger partial charge in [0.2, 0.25) is 0 Å². The SMILES string of the molecule is NCc1nc(C(=O)N2CC(O)(C3CC3)C2)cs1. The molecule has 2 aliphatic rings. The van der Waals surface area contributed by atoms with Gasteiger partial charge in [0.1, 0.15) is 16.3 Å². The van der Waals surface area contributed by atoms with Crippen LogP contribution in [0.2, 0.25) is 0 Å². The summed E-state index contributed by atoms with van der Waals surface area (Å²) in [7, 11) is 0. The molecule has 1 aromatic heterocycles. The second kappa shape index (κ2) is 3.76. The number of nitrogens with zero attached hydrogens (tertiary/aromatic N) is 2. The van der Waals surface area contributed by atoms with Crippen molar-refractivity contribution in [1.82, 2.24) is 9.88 Å². The lowest BCUT2D eigenvalue weighted by atomic mass is 9.88. The number of amides is 1. The summed E-state index contributed by atoms with van der Waals surface area (Å²) in [5, 5.41) is 12.6. The Labute approximate surface area is 103 Å². The van der Waals surface area contributed by atoms with Crippen LogP contribution >= 0.6 is 11.3 Å². The molecule has 6 heteroatoms. The third-order valence-corrected chi connectivity index (χ3v) is 4.37. The molecule has 1 aliphatic carbocycles. The largest absolute Gasteiger partial charge is 0.386 e. The molecule has 1 saturated carbocycles. The van der Waals surface area contributed by atoms with Crippen LogP contribution in [0.3, 0.4) is 0 Å². The minimum Gasteiger partial charge on any atom is -0.386 e. The number of aliphatic hydroxyl groups is 1. The van der Waals surface area contributed by atoms with Gasteiger partial charge in [0, 0.05) is 11.9 Å². The lowest BCUT2D eigenvalue weighted by molar-refractivity contribution is -0.0959. The molecule has 17 heavy (non-hydrogen) atoms. The van der Waals surface area contributed by atoms with E-state index in [9.17, 15) is 9.90 Å². The lowest BCUT2D eigenvalue weighted by Gasteiger charge is -2.46. The van der Waals surface area contributed by atoms with E-state index in [1.807, 2.05) is 0 Å². The number of carbonyl (C=O) groups excluding carboxylic acids is 1. The number of aromatic nitrogens is 1. The standard InChI is InChI=1S/C11H15N3O2S/c12-3-9-13-8(4-17-9)10(15)14-5-11(16,6-14)7-1-2-7/h4,7,16H,1-3,5-6,12H2. The fourth-order valence-corrected chi connectivity index (χ4v) is 2.95. The molecule has 1 aliphatic heterocycles. The van der Waals surface area contributed by atoms with Gasteiger partial charge in [-0.2, -0.15) is 0 Å². The lowest BCUT2D eigenvalue weighted by Crippen LogP contribution is -2.64. The van der Waals surface area contributed by atoms with E-state index in [0.29, 0.717) is 31.2 Å². The molecule has 0 bridgehead atoms. The van der Waals surface area contributed by atoms with Crippen molar-refractivity contribution in [3.05, 3.63) is 16.1 Å². The fourth-order valence-electron chi connectivity index (χ4n) is 2.30. The Morgan fingerprint density at radius 3 is 2.88 bits per heavy atom. The summed E-state index contributed by atoms with van der Waals surface area (Å²) in [4.78, 5) is 17.8. The van der Waals surface area contributed by atoms with Crippen LogP contribution in [-0.4, -0.2) is 39.6 Å². The summed E-state index contributed by atoms with van der Waals surface area (Å²) >= 11 is 1.40. The van der Waals surface area contributed by atoms with Gasteiger partial charge < -0.3 is 15.7 Å². The van der Waals surface area contributed by atoms with Gasteiger partial charge in [0.15, 0.2) is 0 Å². The molecule has 0 atom stereocenters. The predicted octanol–water partition coefficient (Wildman–Crippen LogP) is 0.199. The monoisotopic (exact) mass is 253 g/mol.